The zero-order valence-corrected chi connectivity index (χ0v) is 6.45. The third-order valence-corrected chi connectivity index (χ3v) is 1.66. The first-order chi connectivity index (χ1) is 4.22. The molecular weight excluding hydrogens is 117 g/mol. The molecule has 0 amide bonds. The van der Waals surface area contributed by atoms with Crippen LogP contribution in [0.5, 0.6) is 0 Å². The largest absolute Gasteiger partial charge is 0.317 e. The molecule has 0 bridgehead atoms. The molecular formula is C7H16FN. The van der Waals surface area contributed by atoms with Gasteiger partial charge in [-0.25, -0.2) is 4.39 Å². The second kappa shape index (κ2) is 4.74. The minimum Gasteiger partial charge on any atom is -0.317 e. The van der Waals surface area contributed by atoms with E-state index < -0.39 is 6.17 Å². The summed E-state index contributed by atoms with van der Waals surface area (Å²) in [5.74, 6) is 0.192. The van der Waals surface area contributed by atoms with Gasteiger partial charge in [-0.05, 0) is 13.0 Å². The second-order valence-electron chi connectivity index (χ2n) is 2.46. The van der Waals surface area contributed by atoms with Crippen LogP contribution in [-0.2, 0) is 0 Å². The molecule has 0 rings (SSSR count). The monoisotopic (exact) mass is 133 g/mol. The average Bonchev–Trinajstić information content (AvgIpc) is 1.87. The van der Waals surface area contributed by atoms with Crippen LogP contribution in [0.25, 0.3) is 0 Å². The van der Waals surface area contributed by atoms with Crippen molar-refractivity contribution in [2.24, 2.45) is 5.92 Å². The zero-order chi connectivity index (χ0) is 7.28. The number of nitrogens with one attached hydrogen (secondary N) is 1. The van der Waals surface area contributed by atoms with E-state index in [1.807, 2.05) is 13.8 Å². The van der Waals surface area contributed by atoms with Crippen LogP contribution in [0.1, 0.15) is 20.3 Å². The Bertz CT molecular complexity index is 65.9. The molecule has 0 aliphatic rings. The molecule has 56 valence electrons. The fourth-order valence-corrected chi connectivity index (χ4v) is 0.652. The van der Waals surface area contributed by atoms with Crippen molar-refractivity contribution in [1.29, 1.82) is 0 Å². The maximum atomic E-state index is 12.7. The van der Waals surface area contributed by atoms with Crippen LogP contribution < -0.4 is 5.32 Å². The van der Waals surface area contributed by atoms with E-state index in [4.69, 9.17) is 0 Å². The number of rotatable bonds is 4. The standard InChI is InChI=1S/C7H16FN/c1-4-6(2)7(8)5-9-3/h6-7,9H,4-5H2,1-3H3/t6-,7-/m0/s1. The summed E-state index contributed by atoms with van der Waals surface area (Å²) in [6, 6.07) is 0. The van der Waals surface area contributed by atoms with E-state index in [-0.39, 0.29) is 5.92 Å². The summed E-state index contributed by atoms with van der Waals surface area (Å²) in [6.07, 6.45) is 0.239. The van der Waals surface area contributed by atoms with Crippen LogP contribution in [0, 0.1) is 5.92 Å². The molecule has 0 aliphatic carbocycles. The fourth-order valence-electron chi connectivity index (χ4n) is 0.652. The molecule has 0 spiro atoms. The number of hydrogen-bond donors (Lipinski definition) is 1. The second-order valence-corrected chi connectivity index (χ2v) is 2.46. The van der Waals surface area contributed by atoms with E-state index in [9.17, 15) is 4.39 Å². The molecule has 1 nitrogen and oxygen atoms in total. The van der Waals surface area contributed by atoms with Gasteiger partial charge in [0.1, 0.15) is 6.17 Å². The third-order valence-electron chi connectivity index (χ3n) is 1.66. The van der Waals surface area contributed by atoms with Gasteiger partial charge in [0.05, 0.1) is 0 Å². The minimum absolute atomic E-state index is 0.192. The molecule has 0 aliphatic heterocycles. The van der Waals surface area contributed by atoms with Crippen LogP contribution in [0.4, 0.5) is 4.39 Å². The van der Waals surface area contributed by atoms with Gasteiger partial charge >= 0.3 is 0 Å². The lowest BCUT2D eigenvalue weighted by Gasteiger charge is -2.13. The molecule has 0 heterocycles. The van der Waals surface area contributed by atoms with E-state index in [0.717, 1.165) is 6.42 Å². The summed E-state index contributed by atoms with van der Waals surface area (Å²) in [5, 5.41) is 2.81. The van der Waals surface area contributed by atoms with Crippen molar-refractivity contribution in [3.05, 3.63) is 0 Å². The lowest BCUT2D eigenvalue weighted by molar-refractivity contribution is 0.233. The van der Waals surface area contributed by atoms with Gasteiger partial charge in [0.25, 0.3) is 0 Å². The number of alkyl halides is 1. The van der Waals surface area contributed by atoms with Crippen molar-refractivity contribution < 1.29 is 4.39 Å². The summed E-state index contributed by atoms with van der Waals surface area (Å²) < 4.78 is 12.7. The Morgan fingerprint density at radius 1 is 1.56 bits per heavy atom. The minimum atomic E-state index is -0.681. The Kier molecular flexibility index (Phi) is 4.68. The smallest absolute Gasteiger partial charge is 0.115 e. The maximum Gasteiger partial charge on any atom is 0.115 e. The summed E-state index contributed by atoms with van der Waals surface area (Å²) >= 11 is 0. The molecule has 0 aromatic carbocycles. The molecule has 0 unspecified atom stereocenters. The molecule has 0 aromatic heterocycles. The van der Waals surface area contributed by atoms with Gasteiger partial charge in [-0.15, -0.1) is 0 Å². The molecule has 9 heavy (non-hydrogen) atoms. The van der Waals surface area contributed by atoms with Gasteiger partial charge in [0, 0.05) is 6.54 Å². The molecule has 0 radical (unpaired) electrons. The van der Waals surface area contributed by atoms with Gasteiger partial charge in [-0.2, -0.15) is 0 Å². The van der Waals surface area contributed by atoms with Crippen molar-refractivity contribution in [2.45, 2.75) is 26.4 Å². The van der Waals surface area contributed by atoms with Gasteiger partial charge in [0.15, 0.2) is 0 Å². The van der Waals surface area contributed by atoms with Gasteiger partial charge in [-0.1, -0.05) is 20.3 Å². The lowest BCUT2D eigenvalue weighted by Crippen LogP contribution is -2.25. The van der Waals surface area contributed by atoms with Crippen molar-refractivity contribution >= 4 is 0 Å². The van der Waals surface area contributed by atoms with Crippen molar-refractivity contribution in [1.82, 2.24) is 5.32 Å². The Balaban J connectivity index is 3.32. The molecule has 2 atom stereocenters. The number of hydrogen-bond acceptors (Lipinski definition) is 1. The first kappa shape index (κ1) is 8.89. The van der Waals surface area contributed by atoms with Gasteiger partial charge in [0.2, 0.25) is 0 Å². The molecule has 0 fully saturated rings. The highest BCUT2D eigenvalue weighted by Crippen LogP contribution is 2.09. The molecule has 0 saturated carbocycles. The maximum absolute atomic E-state index is 12.7. The number of halogens is 1. The summed E-state index contributed by atoms with van der Waals surface area (Å²) in [5.41, 5.74) is 0. The highest BCUT2D eigenvalue weighted by atomic mass is 19.1. The molecule has 1 N–H and O–H groups in total. The van der Waals surface area contributed by atoms with E-state index in [2.05, 4.69) is 5.32 Å². The first-order valence-electron chi connectivity index (χ1n) is 3.51. The Labute approximate surface area is 56.6 Å². The molecule has 2 heteroatoms. The summed E-state index contributed by atoms with van der Waals surface area (Å²) in [4.78, 5) is 0. The Hall–Kier alpha value is -0.110. The van der Waals surface area contributed by atoms with E-state index in [1.54, 1.807) is 7.05 Å². The van der Waals surface area contributed by atoms with Crippen LogP contribution in [0.2, 0.25) is 0 Å². The summed E-state index contributed by atoms with van der Waals surface area (Å²) in [7, 11) is 1.77. The average molecular weight is 133 g/mol. The van der Waals surface area contributed by atoms with Gasteiger partial charge in [-0.3, -0.25) is 0 Å². The van der Waals surface area contributed by atoms with Crippen molar-refractivity contribution in [3.8, 4) is 0 Å². The van der Waals surface area contributed by atoms with Crippen LogP contribution in [0.3, 0.4) is 0 Å². The van der Waals surface area contributed by atoms with Crippen molar-refractivity contribution in [3.63, 3.8) is 0 Å². The molecule has 0 aromatic rings. The predicted molar refractivity (Wildman–Crippen MR) is 38.3 cm³/mol. The third kappa shape index (κ3) is 3.46. The first-order valence-corrected chi connectivity index (χ1v) is 3.51. The SMILES string of the molecule is CC[C@H](C)[C@@H](F)CNC. The Morgan fingerprint density at radius 3 is 2.44 bits per heavy atom. The predicted octanol–water partition coefficient (Wildman–Crippen LogP) is 1.59. The highest BCUT2D eigenvalue weighted by Gasteiger charge is 2.11. The fraction of sp³-hybridized carbons (Fsp3) is 1.00. The van der Waals surface area contributed by atoms with E-state index in [1.165, 1.54) is 0 Å². The van der Waals surface area contributed by atoms with Crippen LogP contribution in [0.15, 0.2) is 0 Å². The van der Waals surface area contributed by atoms with Crippen LogP contribution in [-0.4, -0.2) is 19.8 Å². The molecule has 0 saturated heterocycles. The van der Waals surface area contributed by atoms with E-state index in [0.29, 0.717) is 6.54 Å². The van der Waals surface area contributed by atoms with Crippen LogP contribution >= 0.6 is 0 Å². The summed E-state index contributed by atoms with van der Waals surface area (Å²) in [6.45, 7) is 4.42. The normalized spacial score (nSPS) is 17.3. The Morgan fingerprint density at radius 2 is 2.11 bits per heavy atom. The quantitative estimate of drug-likeness (QED) is 0.614. The van der Waals surface area contributed by atoms with Gasteiger partial charge < -0.3 is 5.32 Å². The van der Waals surface area contributed by atoms with Crippen molar-refractivity contribution in [2.75, 3.05) is 13.6 Å². The highest BCUT2D eigenvalue weighted by molar-refractivity contribution is 4.64. The van der Waals surface area contributed by atoms with E-state index >= 15 is 0 Å². The zero-order valence-electron chi connectivity index (χ0n) is 6.45. The topological polar surface area (TPSA) is 12.0 Å². The lowest BCUT2D eigenvalue weighted by atomic mass is 10.0.